The second-order valence-electron chi connectivity index (χ2n) is 8.50. The van der Waals surface area contributed by atoms with Gasteiger partial charge in [-0.3, -0.25) is 0 Å². The molecular formula is C20H32O15. The fourth-order valence-corrected chi connectivity index (χ4v) is 4.32. The Morgan fingerprint density at radius 1 is 0.571 bits per heavy atom. The molecule has 0 bridgehead atoms. The number of hydrogen-bond donors (Lipinski definition) is 6. The van der Waals surface area contributed by atoms with Crippen molar-refractivity contribution < 1.29 is 73.4 Å². The maximum absolute atomic E-state index is 11.7. The van der Waals surface area contributed by atoms with Gasteiger partial charge in [0, 0.05) is 14.2 Å². The molecular weight excluding hydrogens is 480 g/mol. The van der Waals surface area contributed by atoms with E-state index in [0.29, 0.717) is 0 Å². The molecule has 0 aromatic rings. The molecule has 0 aliphatic carbocycles. The first kappa shape index (κ1) is 28.4. The SMILES string of the molecule is COC1OC(C=O)C(OC2OC(C=O)C(OC3OC(C)C(OC)C(O)C3O)C(O)C2O)C(O)C1O. The predicted molar refractivity (Wildman–Crippen MR) is 107 cm³/mol. The van der Waals surface area contributed by atoms with Gasteiger partial charge in [0.1, 0.15) is 67.1 Å². The summed E-state index contributed by atoms with van der Waals surface area (Å²) < 4.78 is 37.0. The van der Waals surface area contributed by atoms with Crippen molar-refractivity contribution >= 4 is 12.6 Å². The van der Waals surface area contributed by atoms with Gasteiger partial charge in [0.25, 0.3) is 0 Å². The van der Waals surface area contributed by atoms with Gasteiger partial charge in [0.2, 0.25) is 0 Å². The largest absolute Gasteiger partial charge is 0.387 e. The summed E-state index contributed by atoms with van der Waals surface area (Å²) in [5.41, 5.74) is 0. The van der Waals surface area contributed by atoms with Crippen LogP contribution in [-0.2, 0) is 42.7 Å². The molecule has 0 saturated carbocycles. The third-order valence-electron chi connectivity index (χ3n) is 6.29. The van der Waals surface area contributed by atoms with Crippen LogP contribution in [0.25, 0.3) is 0 Å². The number of methoxy groups -OCH3 is 2. The number of aliphatic hydroxyl groups is 6. The molecule has 0 spiro atoms. The highest BCUT2D eigenvalue weighted by atomic mass is 16.8. The molecule has 0 aromatic heterocycles. The van der Waals surface area contributed by atoms with Crippen LogP contribution >= 0.6 is 0 Å². The topological polar surface area (TPSA) is 220 Å². The highest BCUT2D eigenvalue weighted by Gasteiger charge is 2.53. The summed E-state index contributed by atoms with van der Waals surface area (Å²) in [7, 11) is 2.50. The fourth-order valence-electron chi connectivity index (χ4n) is 4.32. The first-order valence-electron chi connectivity index (χ1n) is 10.9. The van der Waals surface area contributed by atoms with Gasteiger partial charge in [0.05, 0.1) is 6.10 Å². The molecule has 3 saturated heterocycles. The molecule has 0 radical (unpaired) electrons. The fraction of sp³-hybridized carbons (Fsp3) is 0.900. The maximum atomic E-state index is 11.7. The molecule has 0 aromatic carbocycles. The molecule has 15 heteroatoms. The van der Waals surface area contributed by atoms with E-state index < -0.39 is 92.1 Å². The molecule has 15 atom stereocenters. The van der Waals surface area contributed by atoms with Crippen LogP contribution < -0.4 is 0 Å². The van der Waals surface area contributed by atoms with Gasteiger partial charge in [0.15, 0.2) is 31.4 Å². The quantitative estimate of drug-likeness (QED) is 0.168. The second kappa shape index (κ2) is 11.9. The lowest BCUT2D eigenvalue weighted by Gasteiger charge is -2.47. The van der Waals surface area contributed by atoms with E-state index in [1.54, 1.807) is 6.92 Å². The first-order chi connectivity index (χ1) is 16.6. The molecule has 3 heterocycles. The van der Waals surface area contributed by atoms with Gasteiger partial charge < -0.3 is 73.4 Å². The number of aldehydes is 2. The Kier molecular flexibility index (Phi) is 9.66. The molecule has 202 valence electrons. The molecule has 15 unspecified atom stereocenters. The van der Waals surface area contributed by atoms with E-state index in [0.717, 1.165) is 0 Å². The molecule has 15 nitrogen and oxygen atoms in total. The van der Waals surface area contributed by atoms with Crippen molar-refractivity contribution in [3.63, 3.8) is 0 Å². The van der Waals surface area contributed by atoms with Crippen molar-refractivity contribution in [3.05, 3.63) is 0 Å². The summed E-state index contributed by atoms with van der Waals surface area (Å²) in [6, 6.07) is 0. The third kappa shape index (κ3) is 5.57. The zero-order chi connectivity index (χ0) is 26.0. The second-order valence-corrected chi connectivity index (χ2v) is 8.50. The van der Waals surface area contributed by atoms with Crippen molar-refractivity contribution in [1.29, 1.82) is 0 Å². The van der Waals surface area contributed by atoms with E-state index in [1.165, 1.54) is 14.2 Å². The summed E-state index contributed by atoms with van der Waals surface area (Å²) in [4.78, 5) is 23.2. The molecule has 3 aliphatic heterocycles. The lowest BCUT2D eigenvalue weighted by molar-refractivity contribution is -0.366. The van der Waals surface area contributed by atoms with Crippen LogP contribution in [0.4, 0.5) is 0 Å². The van der Waals surface area contributed by atoms with Crippen LogP contribution in [0.1, 0.15) is 6.92 Å². The lowest BCUT2D eigenvalue weighted by atomic mass is 9.96. The highest BCUT2D eigenvalue weighted by Crippen LogP contribution is 2.32. The van der Waals surface area contributed by atoms with Crippen LogP contribution in [0.15, 0.2) is 0 Å². The first-order valence-corrected chi connectivity index (χ1v) is 10.9. The predicted octanol–water partition coefficient (Wildman–Crippen LogP) is -4.82. The Morgan fingerprint density at radius 3 is 1.40 bits per heavy atom. The van der Waals surface area contributed by atoms with E-state index in [9.17, 15) is 40.2 Å². The normalized spacial score (nSPS) is 51.1. The Hall–Kier alpha value is -1.18. The number of rotatable bonds is 8. The Morgan fingerprint density at radius 2 is 0.971 bits per heavy atom. The van der Waals surface area contributed by atoms with E-state index >= 15 is 0 Å². The van der Waals surface area contributed by atoms with Gasteiger partial charge in [-0.2, -0.15) is 0 Å². The Bertz CT molecular complexity index is 710. The third-order valence-corrected chi connectivity index (χ3v) is 6.29. The molecule has 3 rings (SSSR count). The minimum Gasteiger partial charge on any atom is -0.387 e. The number of aliphatic hydroxyl groups excluding tert-OH is 6. The van der Waals surface area contributed by atoms with Crippen molar-refractivity contribution in [2.75, 3.05) is 14.2 Å². The maximum Gasteiger partial charge on any atom is 0.187 e. The van der Waals surface area contributed by atoms with Gasteiger partial charge >= 0.3 is 0 Å². The van der Waals surface area contributed by atoms with Crippen LogP contribution in [0, 0.1) is 0 Å². The molecule has 6 N–H and O–H groups in total. The smallest absolute Gasteiger partial charge is 0.187 e. The number of carbonyl (C=O) groups is 2. The van der Waals surface area contributed by atoms with Crippen molar-refractivity contribution in [2.24, 2.45) is 0 Å². The number of carbonyl (C=O) groups excluding carboxylic acids is 2. The van der Waals surface area contributed by atoms with Crippen molar-refractivity contribution in [3.8, 4) is 0 Å². The zero-order valence-corrected chi connectivity index (χ0v) is 19.2. The lowest BCUT2D eigenvalue weighted by Crippen LogP contribution is -2.66. The average molecular weight is 512 g/mol. The van der Waals surface area contributed by atoms with E-state index in [4.69, 9.17) is 33.2 Å². The van der Waals surface area contributed by atoms with Gasteiger partial charge in [-0.15, -0.1) is 0 Å². The van der Waals surface area contributed by atoms with Gasteiger partial charge in [-0.25, -0.2) is 0 Å². The summed E-state index contributed by atoms with van der Waals surface area (Å²) in [5.74, 6) is 0. The standard InChI is InChI=1S/C20H32O15/c1-6-15(29-2)9(23)13(27)19(31-6)34-17-8(5-22)33-20(14(28)11(17)25)35-16-7(4-21)32-18(30-3)12(26)10(16)24/h4-20,23-28H,1-3H3. The summed E-state index contributed by atoms with van der Waals surface area (Å²) in [6.45, 7) is 1.55. The number of hydrogen-bond acceptors (Lipinski definition) is 15. The van der Waals surface area contributed by atoms with Crippen LogP contribution in [0.5, 0.6) is 0 Å². The Labute approximate surface area is 200 Å². The molecule has 0 amide bonds. The number of ether oxygens (including phenoxy) is 7. The molecule has 3 aliphatic rings. The summed E-state index contributed by atoms with van der Waals surface area (Å²) >= 11 is 0. The molecule has 35 heavy (non-hydrogen) atoms. The van der Waals surface area contributed by atoms with E-state index in [1.807, 2.05) is 0 Å². The van der Waals surface area contributed by atoms with Crippen LogP contribution in [0.2, 0.25) is 0 Å². The molecule has 3 fully saturated rings. The van der Waals surface area contributed by atoms with Gasteiger partial charge in [-0.1, -0.05) is 0 Å². The van der Waals surface area contributed by atoms with Crippen molar-refractivity contribution in [2.45, 2.75) is 99.0 Å². The zero-order valence-electron chi connectivity index (χ0n) is 19.2. The van der Waals surface area contributed by atoms with Gasteiger partial charge in [-0.05, 0) is 6.92 Å². The average Bonchev–Trinajstić information content (AvgIpc) is 2.84. The highest BCUT2D eigenvalue weighted by molar-refractivity contribution is 5.58. The minimum atomic E-state index is -1.89. The Balaban J connectivity index is 1.72. The van der Waals surface area contributed by atoms with Crippen LogP contribution in [0.3, 0.4) is 0 Å². The van der Waals surface area contributed by atoms with E-state index in [-0.39, 0.29) is 12.6 Å². The summed E-state index contributed by atoms with van der Waals surface area (Å²) in [6.07, 6.45) is -22.0. The van der Waals surface area contributed by atoms with Crippen molar-refractivity contribution in [1.82, 2.24) is 0 Å². The minimum absolute atomic E-state index is 0.240. The van der Waals surface area contributed by atoms with E-state index in [2.05, 4.69) is 0 Å². The summed E-state index contributed by atoms with van der Waals surface area (Å²) in [5, 5.41) is 62.3. The monoisotopic (exact) mass is 512 g/mol. The van der Waals surface area contributed by atoms with Crippen LogP contribution in [-0.4, -0.2) is 150 Å².